The van der Waals surface area contributed by atoms with Crippen molar-refractivity contribution in [1.82, 2.24) is 15.5 Å². The summed E-state index contributed by atoms with van der Waals surface area (Å²) in [7, 11) is 1.81. The number of hydrogen-bond donors (Lipinski definition) is 2. The van der Waals surface area contributed by atoms with E-state index in [4.69, 9.17) is 0 Å². The van der Waals surface area contributed by atoms with Gasteiger partial charge in [-0.05, 0) is 31.6 Å². The van der Waals surface area contributed by atoms with E-state index in [-0.39, 0.29) is 0 Å². The van der Waals surface area contributed by atoms with E-state index in [9.17, 15) is 4.79 Å². The molecule has 0 saturated carbocycles. The lowest BCUT2D eigenvalue weighted by atomic mass is 10.1. The lowest BCUT2D eigenvalue weighted by Crippen LogP contribution is -2.42. The molecule has 23 heavy (non-hydrogen) atoms. The molecule has 0 spiro atoms. The second-order valence-electron chi connectivity index (χ2n) is 6.86. The van der Waals surface area contributed by atoms with Gasteiger partial charge in [0.1, 0.15) is 0 Å². The third kappa shape index (κ3) is 7.71. The van der Waals surface area contributed by atoms with E-state index in [1.54, 1.807) is 0 Å². The van der Waals surface area contributed by atoms with Crippen LogP contribution in [0, 0.1) is 5.92 Å². The van der Waals surface area contributed by atoms with Crippen LogP contribution in [0.3, 0.4) is 0 Å². The summed E-state index contributed by atoms with van der Waals surface area (Å²) in [6.07, 6.45) is 7.47. The lowest BCUT2D eigenvalue weighted by molar-refractivity contribution is -0.129. The Morgan fingerprint density at radius 2 is 1.96 bits per heavy atom. The van der Waals surface area contributed by atoms with E-state index in [1.807, 2.05) is 7.05 Å². The van der Waals surface area contributed by atoms with Gasteiger partial charge in [0.25, 0.3) is 0 Å². The summed E-state index contributed by atoms with van der Waals surface area (Å²) in [5, 5.41) is 6.74. The number of rotatable bonds is 10. The zero-order chi connectivity index (χ0) is 17.1. The molecule has 1 unspecified atom stereocenters. The Balaban J connectivity index is 2.19. The molecule has 1 atom stereocenters. The maximum absolute atomic E-state index is 11.8. The first kappa shape index (κ1) is 19.8. The smallest absolute Gasteiger partial charge is 0.222 e. The fourth-order valence-electron chi connectivity index (χ4n) is 3.10. The molecular formula is C18H36N4O. The second kappa shape index (κ2) is 11.3. The molecule has 1 aliphatic rings. The van der Waals surface area contributed by atoms with Crippen LogP contribution in [0.2, 0.25) is 0 Å². The van der Waals surface area contributed by atoms with Gasteiger partial charge in [0.2, 0.25) is 5.91 Å². The Hall–Kier alpha value is -1.26. The first-order chi connectivity index (χ1) is 11.1. The highest BCUT2D eigenvalue weighted by Crippen LogP contribution is 2.17. The fourth-order valence-corrected chi connectivity index (χ4v) is 3.10. The van der Waals surface area contributed by atoms with Gasteiger partial charge in [-0.2, -0.15) is 0 Å². The number of aliphatic imine (C=N–C) groups is 1. The standard InChI is InChI=1S/C18H36N4O/c1-5-16(22-14-8-10-17(22)23)11-13-21-18(19-4)20-12-7-6-9-15(2)3/h15-16H,5-14H2,1-4H3,(H2,19,20,21). The molecule has 0 radical (unpaired) electrons. The monoisotopic (exact) mass is 324 g/mol. The van der Waals surface area contributed by atoms with Crippen molar-refractivity contribution >= 4 is 11.9 Å². The Bertz CT molecular complexity index is 368. The van der Waals surface area contributed by atoms with E-state index in [0.717, 1.165) is 57.2 Å². The summed E-state index contributed by atoms with van der Waals surface area (Å²) >= 11 is 0. The molecule has 1 aliphatic heterocycles. The fraction of sp³-hybridized carbons (Fsp3) is 0.889. The largest absolute Gasteiger partial charge is 0.356 e. The number of carbonyl (C=O) groups is 1. The number of amides is 1. The van der Waals surface area contributed by atoms with E-state index in [0.29, 0.717) is 11.9 Å². The van der Waals surface area contributed by atoms with Crippen LogP contribution in [0.15, 0.2) is 4.99 Å². The molecule has 1 saturated heterocycles. The topological polar surface area (TPSA) is 56.7 Å². The highest BCUT2D eigenvalue weighted by molar-refractivity contribution is 5.79. The highest BCUT2D eigenvalue weighted by atomic mass is 16.2. The van der Waals surface area contributed by atoms with Gasteiger partial charge >= 0.3 is 0 Å². The normalized spacial score (nSPS) is 17.0. The van der Waals surface area contributed by atoms with Gasteiger partial charge in [-0.15, -0.1) is 0 Å². The average molecular weight is 325 g/mol. The van der Waals surface area contributed by atoms with Crippen LogP contribution in [-0.4, -0.2) is 49.5 Å². The summed E-state index contributed by atoms with van der Waals surface area (Å²) in [5.41, 5.74) is 0. The molecule has 0 bridgehead atoms. The van der Waals surface area contributed by atoms with Crippen molar-refractivity contribution in [1.29, 1.82) is 0 Å². The predicted octanol–water partition coefficient (Wildman–Crippen LogP) is 2.77. The molecule has 0 aliphatic carbocycles. The summed E-state index contributed by atoms with van der Waals surface area (Å²) in [5.74, 6) is 1.98. The molecule has 1 amide bonds. The molecule has 1 rings (SSSR count). The Kier molecular flexibility index (Phi) is 9.72. The number of hydrogen-bond acceptors (Lipinski definition) is 2. The van der Waals surface area contributed by atoms with Gasteiger partial charge in [0.05, 0.1) is 0 Å². The molecule has 1 fully saturated rings. The lowest BCUT2D eigenvalue weighted by Gasteiger charge is -2.27. The van der Waals surface area contributed by atoms with Crippen LogP contribution in [0.4, 0.5) is 0 Å². The van der Waals surface area contributed by atoms with Crippen molar-refractivity contribution in [2.24, 2.45) is 10.9 Å². The van der Waals surface area contributed by atoms with E-state index >= 15 is 0 Å². The highest BCUT2D eigenvalue weighted by Gasteiger charge is 2.26. The maximum Gasteiger partial charge on any atom is 0.222 e. The van der Waals surface area contributed by atoms with E-state index in [2.05, 4.69) is 41.3 Å². The Labute approximate surface area is 142 Å². The van der Waals surface area contributed by atoms with Crippen molar-refractivity contribution in [3.8, 4) is 0 Å². The summed E-state index contributed by atoms with van der Waals surface area (Å²) in [6.45, 7) is 9.45. The van der Waals surface area contributed by atoms with Crippen LogP contribution >= 0.6 is 0 Å². The summed E-state index contributed by atoms with van der Waals surface area (Å²) < 4.78 is 0. The van der Waals surface area contributed by atoms with Crippen molar-refractivity contribution in [2.45, 2.75) is 71.8 Å². The molecule has 0 aromatic rings. The van der Waals surface area contributed by atoms with Crippen molar-refractivity contribution in [3.63, 3.8) is 0 Å². The molecule has 5 nitrogen and oxygen atoms in total. The third-order valence-corrected chi connectivity index (χ3v) is 4.52. The number of nitrogens with zero attached hydrogens (tertiary/aromatic N) is 2. The van der Waals surface area contributed by atoms with Crippen LogP contribution in [0.1, 0.15) is 65.7 Å². The number of likely N-dealkylation sites (tertiary alicyclic amines) is 1. The summed E-state index contributed by atoms with van der Waals surface area (Å²) in [4.78, 5) is 18.2. The SMILES string of the molecule is CCC(CCNC(=NC)NCCCCC(C)C)N1CCCC1=O. The molecule has 2 N–H and O–H groups in total. The van der Waals surface area contributed by atoms with Crippen molar-refractivity contribution in [3.05, 3.63) is 0 Å². The van der Waals surface area contributed by atoms with Gasteiger partial charge in [-0.25, -0.2) is 0 Å². The first-order valence-corrected chi connectivity index (χ1v) is 9.32. The average Bonchev–Trinajstić information content (AvgIpc) is 2.95. The van der Waals surface area contributed by atoms with Crippen molar-refractivity contribution in [2.75, 3.05) is 26.7 Å². The van der Waals surface area contributed by atoms with Crippen LogP contribution in [0.25, 0.3) is 0 Å². The maximum atomic E-state index is 11.8. The molecule has 0 aromatic carbocycles. The van der Waals surface area contributed by atoms with Gasteiger partial charge < -0.3 is 15.5 Å². The Morgan fingerprint density at radius 3 is 2.52 bits per heavy atom. The van der Waals surface area contributed by atoms with Crippen LogP contribution in [0.5, 0.6) is 0 Å². The van der Waals surface area contributed by atoms with Gasteiger partial charge in [-0.1, -0.05) is 33.6 Å². The second-order valence-corrected chi connectivity index (χ2v) is 6.86. The third-order valence-electron chi connectivity index (χ3n) is 4.52. The first-order valence-electron chi connectivity index (χ1n) is 9.32. The number of unbranched alkanes of at least 4 members (excludes halogenated alkanes) is 1. The molecule has 134 valence electrons. The number of carbonyl (C=O) groups excluding carboxylic acids is 1. The zero-order valence-electron chi connectivity index (χ0n) is 15.5. The number of nitrogens with one attached hydrogen (secondary N) is 2. The molecule has 1 heterocycles. The van der Waals surface area contributed by atoms with Crippen molar-refractivity contribution < 1.29 is 4.79 Å². The molecule has 0 aromatic heterocycles. The van der Waals surface area contributed by atoms with Gasteiger partial charge in [-0.3, -0.25) is 9.79 Å². The number of guanidine groups is 1. The van der Waals surface area contributed by atoms with Crippen LogP contribution < -0.4 is 10.6 Å². The minimum atomic E-state index is 0.324. The summed E-state index contributed by atoms with van der Waals surface area (Å²) in [6, 6.07) is 0.363. The molecule has 5 heteroatoms. The Morgan fingerprint density at radius 1 is 1.22 bits per heavy atom. The van der Waals surface area contributed by atoms with Crippen LogP contribution in [-0.2, 0) is 4.79 Å². The zero-order valence-corrected chi connectivity index (χ0v) is 15.5. The minimum Gasteiger partial charge on any atom is -0.356 e. The van der Waals surface area contributed by atoms with E-state index < -0.39 is 0 Å². The van der Waals surface area contributed by atoms with E-state index in [1.165, 1.54) is 19.3 Å². The quantitative estimate of drug-likeness (QED) is 0.369. The predicted molar refractivity (Wildman–Crippen MR) is 97.7 cm³/mol. The minimum absolute atomic E-state index is 0.324. The van der Waals surface area contributed by atoms with Gasteiger partial charge in [0.15, 0.2) is 5.96 Å². The molecular weight excluding hydrogens is 288 g/mol. The van der Waals surface area contributed by atoms with Gasteiger partial charge in [0, 0.05) is 39.1 Å².